The van der Waals surface area contributed by atoms with Crippen molar-refractivity contribution in [2.75, 3.05) is 7.11 Å². The lowest BCUT2D eigenvalue weighted by atomic mass is 10.1. The van der Waals surface area contributed by atoms with E-state index in [2.05, 4.69) is 10.5 Å². The third-order valence-electron chi connectivity index (χ3n) is 3.48. The van der Waals surface area contributed by atoms with Gasteiger partial charge in [0.1, 0.15) is 11.3 Å². The van der Waals surface area contributed by atoms with Crippen LogP contribution in [0.15, 0.2) is 65.3 Å². The molecular formula is C18H16N2O3. The first-order valence-corrected chi connectivity index (χ1v) is 7.20. The van der Waals surface area contributed by atoms with Crippen LogP contribution >= 0.6 is 0 Å². The van der Waals surface area contributed by atoms with Crippen LogP contribution in [0.2, 0.25) is 0 Å². The predicted octanol–water partition coefficient (Wildman–Crippen LogP) is 3.28. The Hall–Kier alpha value is -3.08. The molecule has 5 heteroatoms. The molecule has 1 heterocycles. The zero-order valence-electron chi connectivity index (χ0n) is 12.7. The van der Waals surface area contributed by atoms with E-state index in [0.29, 0.717) is 17.9 Å². The molecule has 3 aromatic rings. The van der Waals surface area contributed by atoms with Gasteiger partial charge >= 0.3 is 0 Å². The van der Waals surface area contributed by atoms with Crippen LogP contribution < -0.4 is 10.1 Å². The second-order valence-electron chi connectivity index (χ2n) is 4.93. The van der Waals surface area contributed by atoms with Gasteiger partial charge in [0.25, 0.3) is 5.91 Å². The zero-order chi connectivity index (χ0) is 16.1. The first kappa shape index (κ1) is 14.8. The number of hydrogen-bond donors (Lipinski definition) is 1. The molecule has 0 fully saturated rings. The molecule has 0 aliphatic carbocycles. The lowest BCUT2D eigenvalue weighted by molar-refractivity contribution is 0.0951. The summed E-state index contributed by atoms with van der Waals surface area (Å²) in [5, 5.41) is 6.62. The molecule has 1 aromatic heterocycles. The van der Waals surface area contributed by atoms with Gasteiger partial charge in [0.2, 0.25) is 0 Å². The average Bonchev–Trinajstić information content (AvgIpc) is 3.10. The molecule has 1 N–H and O–H groups in total. The quantitative estimate of drug-likeness (QED) is 0.785. The van der Waals surface area contributed by atoms with Gasteiger partial charge in [-0.2, -0.15) is 0 Å². The molecule has 0 radical (unpaired) electrons. The van der Waals surface area contributed by atoms with E-state index >= 15 is 0 Å². The number of aromatic nitrogens is 1. The van der Waals surface area contributed by atoms with Crippen LogP contribution in [0.5, 0.6) is 5.75 Å². The van der Waals surface area contributed by atoms with E-state index in [0.717, 1.165) is 16.9 Å². The van der Waals surface area contributed by atoms with Crippen LogP contribution in [-0.4, -0.2) is 18.2 Å². The van der Waals surface area contributed by atoms with Crippen LogP contribution in [0.3, 0.4) is 0 Å². The largest absolute Gasteiger partial charge is 0.496 e. The van der Waals surface area contributed by atoms with Crippen molar-refractivity contribution in [3.8, 4) is 17.1 Å². The summed E-state index contributed by atoms with van der Waals surface area (Å²) in [5.41, 5.74) is 2.12. The van der Waals surface area contributed by atoms with Gasteiger partial charge in [0.05, 0.1) is 13.3 Å². The maximum atomic E-state index is 12.4. The molecule has 0 saturated heterocycles. The first-order valence-electron chi connectivity index (χ1n) is 7.20. The first-order chi connectivity index (χ1) is 11.3. The van der Waals surface area contributed by atoms with Crippen molar-refractivity contribution in [3.05, 3.63) is 71.9 Å². The molecule has 0 aliphatic rings. The van der Waals surface area contributed by atoms with Crippen molar-refractivity contribution in [1.29, 1.82) is 0 Å². The Morgan fingerprint density at radius 3 is 2.65 bits per heavy atom. The van der Waals surface area contributed by atoms with Crippen molar-refractivity contribution in [2.24, 2.45) is 0 Å². The molecule has 0 unspecified atom stereocenters. The minimum absolute atomic E-state index is 0.240. The van der Waals surface area contributed by atoms with E-state index in [-0.39, 0.29) is 5.91 Å². The number of nitrogens with zero attached hydrogens (tertiary/aromatic N) is 1. The Balaban J connectivity index is 1.76. The van der Waals surface area contributed by atoms with E-state index in [1.165, 1.54) is 6.20 Å². The third-order valence-corrected chi connectivity index (χ3v) is 3.48. The van der Waals surface area contributed by atoms with Crippen LogP contribution in [0.4, 0.5) is 0 Å². The average molecular weight is 308 g/mol. The molecule has 1 amide bonds. The summed E-state index contributed by atoms with van der Waals surface area (Å²) in [4.78, 5) is 12.4. The van der Waals surface area contributed by atoms with Gasteiger partial charge in [0.15, 0.2) is 5.76 Å². The predicted molar refractivity (Wildman–Crippen MR) is 86.1 cm³/mol. The summed E-state index contributed by atoms with van der Waals surface area (Å²) >= 11 is 0. The van der Waals surface area contributed by atoms with Gasteiger partial charge in [-0.15, -0.1) is 0 Å². The molecule has 116 valence electrons. The Morgan fingerprint density at radius 2 is 1.87 bits per heavy atom. The summed E-state index contributed by atoms with van der Waals surface area (Å²) in [6.07, 6.45) is 1.43. The number of carbonyl (C=O) groups excluding carboxylic acids is 1. The lowest BCUT2D eigenvalue weighted by Gasteiger charge is -2.09. The maximum Gasteiger partial charge on any atom is 0.257 e. The normalized spacial score (nSPS) is 10.3. The number of para-hydroxylation sites is 1. The molecular weight excluding hydrogens is 292 g/mol. The zero-order valence-corrected chi connectivity index (χ0v) is 12.7. The van der Waals surface area contributed by atoms with E-state index in [9.17, 15) is 4.79 Å². The second-order valence-corrected chi connectivity index (χ2v) is 4.93. The number of methoxy groups -OCH3 is 1. The van der Waals surface area contributed by atoms with Gasteiger partial charge in [-0.3, -0.25) is 4.79 Å². The number of hydrogen-bond acceptors (Lipinski definition) is 4. The highest BCUT2D eigenvalue weighted by atomic mass is 16.5. The fraction of sp³-hybridized carbons (Fsp3) is 0.111. The van der Waals surface area contributed by atoms with E-state index in [1.54, 1.807) is 7.11 Å². The smallest absolute Gasteiger partial charge is 0.257 e. The molecule has 0 spiro atoms. The molecule has 5 nitrogen and oxygen atoms in total. The van der Waals surface area contributed by atoms with Crippen molar-refractivity contribution >= 4 is 5.91 Å². The Bertz CT molecular complexity index is 797. The van der Waals surface area contributed by atoms with Gasteiger partial charge in [-0.05, 0) is 6.07 Å². The fourth-order valence-corrected chi connectivity index (χ4v) is 2.32. The molecule has 23 heavy (non-hydrogen) atoms. The highest BCUT2D eigenvalue weighted by Crippen LogP contribution is 2.23. The standard InChI is InChI=1S/C18H16N2O3/c1-22-16-10-6-5-9-14(16)11-19-18(21)15-12-20-23-17(15)13-7-3-2-4-8-13/h2-10,12H,11H2,1H3,(H,19,21). The highest BCUT2D eigenvalue weighted by Gasteiger charge is 2.17. The van der Waals surface area contributed by atoms with E-state index in [4.69, 9.17) is 9.26 Å². The number of amides is 1. The molecule has 0 saturated carbocycles. The number of rotatable bonds is 5. The van der Waals surface area contributed by atoms with Crippen LogP contribution in [-0.2, 0) is 6.54 Å². The summed E-state index contributed by atoms with van der Waals surface area (Å²) in [6, 6.07) is 17.0. The monoisotopic (exact) mass is 308 g/mol. The minimum atomic E-state index is -0.240. The SMILES string of the molecule is COc1ccccc1CNC(=O)c1cnoc1-c1ccccc1. The third kappa shape index (κ3) is 3.23. The summed E-state index contributed by atoms with van der Waals surface area (Å²) in [5.74, 6) is 0.959. The van der Waals surface area contributed by atoms with Gasteiger partial charge in [0, 0.05) is 17.7 Å². The second kappa shape index (κ2) is 6.79. The van der Waals surface area contributed by atoms with Crippen molar-refractivity contribution in [3.63, 3.8) is 0 Å². The summed E-state index contributed by atoms with van der Waals surface area (Å²) < 4.78 is 10.5. The molecule has 2 aromatic carbocycles. The molecule has 3 rings (SSSR count). The Morgan fingerprint density at radius 1 is 1.13 bits per heavy atom. The number of benzene rings is 2. The fourth-order valence-electron chi connectivity index (χ4n) is 2.32. The number of carbonyl (C=O) groups is 1. The van der Waals surface area contributed by atoms with E-state index in [1.807, 2.05) is 54.6 Å². The highest BCUT2D eigenvalue weighted by molar-refractivity contribution is 5.99. The molecule has 0 bridgehead atoms. The van der Waals surface area contributed by atoms with Crippen molar-refractivity contribution < 1.29 is 14.1 Å². The molecule has 0 atom stereocenters. The Labute approximate surface area is 133 Å². The lowest BCUT2D eigenvalue weighted by Crippen LogP contribution is -2.23. The Kier molecular flexibility index (Phi) is 4.38. The molecule has 0 aliphatic heterocycles. The summed E-state index contributed by atoms with van der Waals surface area (Å²) in [6.45, 7) is 0.363. The van der Waals surface area contributed by atoms with Crippen LogP contribution in [0.25, 0.3) is 11.3 Å². The van der Waals surface area contributed by atoms with E-state index < -0.39 is 0 Å². The van der Waals surface area contributed by atoms with Crippen molar-refractivity contribution in [2.45, 2.75) is 6.54 Å². The van der Waals surface area contributed by atoms with Gasteiger partial charge in [-0.1, -0.05) is 53.7 Å². The number of nitrogens with one attached hydrogen (secondary N) is 1. The maximum absolute atomic E-state index is 12.4. The van der Waals surface area contributed by atoms with Gasteiger partial charge < -0.3 is 14.6 Å². The van der Waals surface area contributed by atoms with Gasteiger partial charge in [-0.25, -0.2) is 0 Å². The topological polar surface area (TPSA) is 64.4 Å². The van der Waals surface area contributed by atoms with Crippen LogP contribution in [0, 0.1) is 0 Å². The minimum Gasteiger partial charge on any atom is -0.496 e. The van der Waals surface area contributed by atoms with Crippen LogP contribution in [0.1, 0.15) is 15.9 Å². The van der Waals surface area contributed by atoms with Crippen molar-refractivity contribution in [1.82, 2.24) is 10.5 Å². The number of ether oxygens (including phenoxy) is 1. The summed E-state index contributed by atoms with van der Waals surface area (Å²) in [7, 11) is 1.61.